The first-order valence-corrected chi connectivity index (χ1v) is 13.3. The first-order valence-electron chi connectivity index (χ1n) is 11.4. The van der Waals surface area contributed by atoms with Gasteiger partial charge in [0.05, 0.1) is 0 Å². The number of aliphatic hydroxyl groups is 1. The van der Waals surface area contributed by atoms with Gasteiger partial charge in [-0.2, -0.15) is 9.36 Å². The van der Waals surface area contributed by atoms with Gasteiger partial charge in [0.15, 0.2) is 24.1 Å². The number of hydrogen-bond donors (Lipinski definition) is 4. The van der Waals surface area contributed by atoms with Gasteiger partial charge in [-0.3, -0.25) is 14.5 Å². The number of thioether (sulfide) groups is 1. The van der Waals surface area contributed by atoms with Gasteiger partial charge in [-0.25, -0.2) is 9.36 Å². The van der Waals surface area contributed by atoms with E-state index in [1.807, 2.05) is 29.1 Å². The highest BCUT2D eigenvalue weighted by atomic mass is 32.2. The zero-order valence-corrected chi connectivity index (χ0v) is 21.5. The Balaban J connectivity index is 1.51. The van der Waals surface area contributed by atoms with Crippen molar-refractivity contribution < 1.29 is 34.0 Å². The maximum absolute atomic E-state index is 13.0. The van der Waals surface area contributed by atoms with Gasteiger partial charge in [0.2, 0.25) is 11.5 Å². The highest BCUT2D eigenvalue weighted by Gasteiger charge is 2.54. The maximum Gasteiger partial charge on any atom is 0.352 e. The molecule has 15 heteroatoms. The number of nitrogens with one attached hydrogen (secondary N) is 1. The number of aromatic nitrogens is 3. The van der Waals surface area contributed by atoms with Crippen molar-refractivity contribution in [2.45, 2.75) is 37.7 Å². The van der Waals surface area contributed by atoms with Crippen LogP contribution in [0.1, 0.15) is 24.7 Å². The first kappa shape index (κ1) is 26.5. The van der Waals surface area contributed by atoms with Gasteiger partial charge in [0, 0.05) is 41.1 Å². The Morgan fingerprint density at radius 2 is 2.24 bits per heavy atom. The van der Waals surface area contributed by atoms with E-state index in [4.69, 9.17) is 15.7 Å². The zero-order valence-electron chi connectivity index (χ0n) is 19.9. The summed E-state index contributed by atoms with van der Waals surface area (Å²) in [7, 11) is 0. The number of nitrogen functional groups attached to an aromatic ring is 1. The molecule has 0 aliphatic carbocycles. The molecule has 2 atom stereocenters. The van der Waals surface area contributed by atoms with Crippen LogP contribution in [0.3, 0.4) is 0 Å². The number of carbonyl (C=O) groups is 3. The zero-order chi connectivity index (χ0) is 26.5. The fourth-order valence-corrected chi connectivity index (χ4v) is 5.75. The summed E-state index contributed by atoms with van der Waals surface area (Å²) < 4.78 is 5.84. The Morgan fingerprint density at radius 1 is 1.43 bits per heavy atom. The summed E-state index contributed by atoms with van der Waals surface area (Å²) in [6, 6.07) is 2.85. The minimum Gasteiger partial charge on any atom is -0.477 e. The van der Waals surface area contributed by atoms with Crippen molar-refractivity contribution in [3.8, 4) is 0 Å². The molecule has 0 aromatic carbocycles. The third-order valence-electron chi connectivity index (χ3n) is 5.61. The number of hydrogen-bond acceptors (Lipinski definition) is 11. The molecule has 2 aromatic heterocycles. The molecule has 5 N–H and O–H groups in total. The molecular weight excluding hydrogens is 522 g/mol. The molecule has 0 radical (unpaired) electrons. The molecule has 2 aliphatic heterocycles. The third-order valence-corrected chi connectivity index (χ3v) is 7.49. The Labute approximate surface area is 220 Å². The fraction of sp³-hybridized carbons (Fsp3) is 0.409. The molecule has 196 valence electrons. The normalized spacial score (nSPS) is 19.4. The number of anilines is 1. The maximum atomic E-state index is 13.0. The monoisotopic (exact) mass is 548 g/mol. The van der Waals surface area contributed by atoms with E-state index in [1.165, 1.54) is 16.7 Å². The molecule has 1 unspecified atom stereocenters. The number of pyridine rings is 1. The van der Waals surface area contributed by atoms with Crippen LogP contribution in [0.5, 0.6) is 0 Å². The summed E-state index contributed by atoms with van der Waals surface area (Å²) in [4.78, 5) is 48.4. The third kappa shape index (κ3) is 5.73. The molecular formula is C22H26N7O6S2+. The number of aliphatic hydroxyl groups excluding tert-OH is 1. The SMILES string of the molecule is CCON=C(C(=O)NC1C(=O)N2C(C(=O)O)=C(C[n+]3cccc(CCCO)c3)CS[C@@H]12)c1nsc(N)n1. The van der Waals surface area contributed by atoms with E-state index in [1.54, 1.807) is 6.92 Å². The Kier molecular flexibility index (Phi) is 8.35. The molecule has 0 saturated carbocycles. The summed E-state index contributed by atoms with van der Waals surface area (Å²) in [5.41, 5.74) is 6.90. The predicted molar refractivity (Wildman–Crippen MR) is 134 cm³/mol. The minimum absolute atomic E-state index is 0.0278. The van der Waals surface area contributed by atoms with Crippen LogP contribution >= 0.6 is 23.3 Å². The molecule has 2 amide bonds. The largest absolute Gasteiger partial charge is 0.477 e. The van der Waals surface area contributed by atoms with Gasteiger partial charge < -0.3 is 26.1 Å². The van der Waals surface area contributed by atoms with E-state index in [-0.39, 0.29) is 42.1 Å². The van der Waals surface area contributed by atoms with E-state index in [9.17, 15) is 19.5 Å². The molecule has 0 spiro atoms. The van der Waals surface area contributed by atoms with E-state index >= 15 is 0 Å². The standard InChI is InChI=1S/C22H25N7O6S2/c1-2-35-26-14(17-25-22(23)37-27-17)18(31)24-15-19(32)29-16(21(33)34)13(11-36-20(15)29)10-28-7-3-5-12(9-28)6-4-8-30/h3,5,7,9,15,20,30H,2,4,6,8,10-11H2,1H3,(H3-,23,24,25,27,31,33,34)/p+1/t15?,20-/m0/s1. The fourth-order valence-electron chi connectivity index (χ4n) is 3.98. The lowest BCUT2D eigenvalue weighted by molar-refractivity contribution is -0.689. The number of aryl methyl sites for hydroxylation is 1. The molecule has 0 bridgehead atoms. The van der Waals surface area contributed by atoms with Crippen molar-refractivity contribution in [3.05, 3.63) is 47.2 Å². The molecule has 4 heterocycles. The van der Waals surface area contributed by atoms with E-state index in [0.29, 0.717) is 24.2 Å². The van der Waals surface area contributed by atoms with Crippen LogP contribution < -0.4 is 15.6 Å². The number of oxime groups is 1. The van der Waals surface area contributed by atoms with Gasteiger partial charge in [-0.1, -0.05) is 5.16 Å². The van der Waals surface area contributed by atoms with Crippen LogP contribution in [0, 0.1) is 0 Å². The van der Waals surface area contributed by atoms with Crippen LogP contribution in [0.15, 0.2) is 41.0 Å². The van der Waals surface area contributed by atoms with E-state index < -0.39 is 29.2 Å². The van der Waals surface area contributed by atoms with Crippen molar-refractivity contribution in [1.29, 1.82) is 0 Å². The average molecular weight is 549 g/mol. The summed E-state index contributed by atoms with van der Waals surface area (Å²) in [6.45, 7) is 2.26. The number of β-lactam (4-membered cyclic amide) rings is 1. The quantitative estimate of drug-likeness (QED) is 0.124. The molecule has 2 aliphatic rings. The van der Waals surface area contributed by atoms with E-state index in [0.717, 1.165) is 17.1 Å². The summed E-state index contributed by atoms with van der Waals surface area (Å²) in [6.07, 6.45) is 5.05. The van der Waals surface area contributed by atoms with Crippen LogP contribution in [-0.2, 0) is 32.2 Å². The van der Waals surface area contributed by atoms with Crippen molar-refractivity contribution in [1.82, 2.24) is 19.6 Å². The molecule has 4 rings (SSSR count). The Morgan fingerprint density at radius 3 is 2.92 bits per heavy atom. The highest BCUT2D eigenvalue weighted by Crippen LogP contribution is 2.40. The van der Waals surface area contributed by atoms with Gasteiger partial charge in [0.25, 0.3) is 11.8 Å². The number of aliphatic carboxylic acids is 1. The van der Waals surface area contributed by atoms with E-state index in [2.05, 4.69) is 19.8 Å². The average Bonchev–Trinajstić information content (AvgIpc) is 3.31. The second-order valence-corrected chi connectivity index (χ2v) is 10.0. The number of amides is 2. The first-order chi connectivity index (χ1) is 17.8. The second-order valence-electron chi connectivity index (χ2n) is 8.14. The van der Waals surface area contributed by atoms with Gasteiger partial charge >= 0.3 is 5.97 Å². The van der Waals surface area contributed by atoms with Gasteiger partial charge in [-0.05, 0) is 25.8 Å². The number of carboxylic acids is 1. The van der Waals surface area contributed by atoms with Crippen molar-refractivity contribution in [3.63, 3.8) is 0 Å². The lowest BCUT2D eigenvalue weighted by Gasteiger charge is -2.49. The molecule has 13 nitrogen and oxygen atoms in total. The molecule has 1 saturated heterocycles. The number of nitrogens with zero attached hydrogens (tertiary/aromatic N) is 5. The topological polar surface area (TPSA) is 184 Å². The van der Waals surface area contributed by atoms with Crippen LogP contribution in [-0.4, -0.2) is 78.3 Å². The van der Waals surface area contributed by atoms with Crippen molar-refractivity contribution in [2.24, 2.45) is 5.16 Å². The van der Waals surface area contributed by atoms with Crippen molar-refractivity contribution >= 4 is 51.9 Å². The smallest absolute Gasteiger partial charge is 0.352 e. The Bertz CT molecular complexity index is 1260. The second kappa shape index (κ2) is 11.7. The molecule has 2 aromatic rings. The highest BCUT2D eigenvalue weighted by molar-refractivity contribution is 8.00. The number of nitrogens with two attached hydrogens (primary N) is 1. The number of carboxylic acid groups (broad SMARTS) is 1. The Hall–Kier alpha value is -3.56. The number of carbonyl (C=O) groups excluding carboxylic acids is 2. The lowest BCUT2D eigenvalue weighted by atomic mass is 10.0. The molecule has 37 heavy (non-hydrogen) atoms. The number of fused-ring (bicyclic) bond motifs is 1. The summed E-state index contributed by atoms with van der Waals surface area (Å²) in [5.74, 6) is -2.15. The van der Waals surface area contributed by atoms with Crippen LogP contribution in [0.2, 0.25) is 0 Å². The summed E-state index contributed by atoms with van der Waals surface area (Å²) >= 11 is 2.25. The van der Waals surface area contributed by atoms with Crippen LogP contribution in [0.4, 0.5) is 5.13 Å². The molecule has 1 fully saturated rings. The number of rotatable bonds is 11. The summed E-state index contributed by atoms with van der Waals surface area (Å²) in [5, 5.41) is 25.0. The predicted octanol–water partition coefficient (Wildman–Crippen LogP) is -0.488. The minimum atomic E-state index is -1.21. The van der Waals surface area contributed by atoms with Crippen molar-refractivity contribution in [2.75, 3.05) is 24.7 Å². The van der Waals surface area contributed by atoms with Gasteiger partial charge in [0.1, 0.15) is 23.7 Å². The lowest BCUT2D eigenvalue weighted by Crippen LogP contribution is -2.71. The van der Waals surface area contributed by atoms with Crippen LogP contribution in [0.25, 0.3) is 0 Å². The van der Waals surface area contributed by atoms with Gasteiger partial charge in [-0.15, -0.1) is 11.8 Å².